The fourth-order valence-corrected chi connectivity index (χ4v) is 2.21. The van der Waals surface area contributed by atoms with E-state index in [4.69, 9.17) is 4.74 Å². The maximum absolute atomic E-state index is 11.9. The number of rotatable bonds is 5. The van der Waals surface area contributed by atoms with Crippen LogP contribution in [0, 0.1) is 10.1 Å². The molecule has 0 bridgehead atoms. The first-order valence-electron chi connectivity index (χ1n) is 6.29. The van der Waals surface area contributed by atoms with E-state index >= 15 is 0 Å². The zero-order valence-electron chi connectivity index (χ0n) is 10.8. The van der Waals surface area contributed by atoms with Gasteiger partial charge >= 0.3 is 0 Å². The van der Waals surface area contributed by atoms with E-state index < -0.39 is 4.92 Å². The number of non-ortho nitro benzene ring substituents is 1. The van der Waals surface area contributed by atoms with Gasteiger partial charge in [0, 0.05) is 37.4 Å². The number of hydrogen-bond acceptors (Lipinski definition) is 4. The lowest BCUT2D eigenvalue weighted by atomic mass is 10.0. The molecule has 0 aliphatic carbocycles. The van der Waals surface area contributed by atoms with Gasteiger partial charge in [-0.1, -0.05) is 0 Å². The van der Waals surface area contributed by atoms with Crippen LogP contribution in [0.25, 0.3) is 0 Å². The number of carbonyl (C=O) groups excluding carboxylic acids is 1. The number of carbonyl (C=O) groups is 1. The van der Waals surface area contributed by atoms with Gasteiger partial charge in [0.05, 0.1) is 11.5 Å². The van der Waals surface area contributed by atoms with Crippen molar-refractivity contribution in [3.63, 3.8) is 0 Å². The molecule has 0 unspecified atom stereocenters. The third-order valence-electron chi connectivity index (χ3n) is 3.14. The van der Waals surface area contributed by atoms with Gasteiger partial charge in [-0.3, -0.25) is 14.9 Å². The summed E-state index contributed by atoms with van der Waals surface area (Å²) in [5.74, 6) is 0.0426. The Balaban J connectivity index is 2.23. The number of anilines is 1. The molecule has 1 heterocycles. The topological polar surface area (TPSA) is 72.7 Å². The Morgan fingerprint density at radius 3 is 2.89 bits per heavy atom. The van der Waals surface area contributed by atoms with Gasteiger partial charge in [-0.05, 0) is 25.0 Å². The Bertz CT molecular complexity index is 501. The summed E-state index contributed by atoms with van der Waals surface area (Å²) in [6, 6.07) is 4.64. The zero-order chi connectivity index (χ0) is 13.8. The number of hydrogen-bond donors (Lipinski definition) is 0. The predicted molar refractivity (Wildman–Crippen MR) is 70.3 cm³/mol. The Hall–Kier alpha value is -1.95. The van der Waals surface area contributed by atoms with Crippen molar-refractivity contribution >= 4 is 17.3 Å². The molecule has 1 aliphatic rings. The van der Waals surface area contributed by atoms with Crippen molar-refractivity contribution in [3.8, 4) is 0 Å². The van der Waals surface area contributed by atoms with E-state index in [1.807, 2.05) is 6.92 Å². The Morgan fingerprint density at radius 2 is 2.21 bits per heavy atom. The fourth-order valence-electron chi connectivity index (χ4n) is 2.21. The summed E-state index contributed by atoms with van der Waals surface area (Å²) in [5, 5.41) is 10.7. The average Bonchev–Trinajstić information content (AvgIpc) is 2.40. The Kier molecular flexibility index (Phi) is 4.11. The number of aryl methyl sites for hydroxylation is 1. The minimum absolute atomic E-state index is 0.0426. The Morgan fingerprint density at radius 1 is 1.42 bits per heavy atom. The second-order valence-electron chi connectivity index (χ2n) is 4.31. The molecule has 1 amide bonds. The van der Waals surface area contributed by atoms with E-state index in [2.05, 4.69) is 0 Å². The highest BCUT2D eigenvalue weighted by Crippen LogP contribution is 2.30. The van der Waals surface area contributed by atoms with Gasteiger partial charge in [0.2, 0.25) is 5.91 Å². The summed E-state index contributed by atoms with van der Waals surface area (Å²) >= 11 is 0. The van der Waals surface area contributed by atoms with Crippen LogP contribution in [0.3, 0.4) is 0 Å². The molecule has 6 nitrogen and oxygen atoms in total. The van der Waals surface area contributed by atoms with Crippen molar-refractivity contribution < 1.29 is 14.5 Å². The molecule has 0 aromatic heterocycles. The van der Waals surface area contributed by atoms with Crippen LogP contribution in [0.15, 0.2) is 18.2 Å². The lowest BCUT2D eigenvalue weighted by molar-refractivity contribution is -0.384. The molecule has 102 valence electrons. The number of fused-ring (bicyclic) bond motifs is 1. The smallest absolute Gasteiger partial charge is 0.269 e. The molecule has 19 heavy (non-hydrogen) atoms. The summed E-state index contributed by atoms with van der Waals surface area (Å²) in [4.78, 5) is 23.9. The quantitative estimate of drug-likeness (QED) is 0.462. The first kappa shape index (κ1) is 13.5. The summed E-state index contributed by atoms with van der Waals surface area (Å²) in [6.45, 7) is 3.46. The number of benzene rings is 1. The van der Waals surface area contributed by atoms with Crippen LogP contribution in [-0.2, 0) is 16.0 Å². The van der Waals surface area contributed by atoms with E-state index in [1.165, 1.54) is 6.07 Å². The molecule has 2 rings (SSSR count). The molecule has 1 aliphatic heterocycles. The number of nitro benzene ring substituents is 1. The van der Waals surface area contributed by atoms with Gasteiger partial charge < -0.3 is 9.64 Å². The van der Waals surface area contributed by atoms with Gasteiger partial charge in [0.1, 0.15) is 0 Å². The standard InChI is InChI=1S/C13H16N2O4/c1-2-19-8-7-14-12-5-4-11(15(17)18)9-10(12)3-6-13(14)16/h4-5,9H,2-3,6-8H2,1H3. The molecular weight excluding hydrogens is 248 g/mol. The number of nitrogens with zero attached hydrogens (tertiary/aromatic N) is 2. The molecule has 0 saturated carbocycles. The molecule has 6 heteroatoms. The number of ether oxygens (including phenoxy) is 1. The van der Waals surface area contributed by atoms with Crippen LogP contribution in [0.5, 0.6) is 0 Å². The van der Waals surface area contributed by atoms with E-state index in [-0.39, 0.29) is 11.6 Å². The van der Waals surface area contributed by atoms with E-state index in [9.17, 15) is 14.9 Å². The van der Waals surface area contributed by atoms with Crippen LogP contribution in [0.2, 0.25) is 0 Å². The lowest BCUT2D eigenvalue weighted by Crippen LogP contribution is -2.37. The van der Waals surface area contributed by atoms with Crippen molar-refractivity contribution in [2.75, 3.05) is 24.7 Å². The summed E-state index contributed by atoms with van der Waals surface area (Å²) in [7, 11) is 0. The van der Waals surface area contributed by atoms with Crippen molar-refractivity contribution in [2.45, 2.75) is 19.8 Å². The van der Waals surface area contributed by atoms with Gasteiger partial charge in [-0.2, -0.15) is 0 Å². The zero-order valence-corrected chi connectivity index (χ0v) is 10.8. The van der Waals surface area contributed by atoms with Gasteiger partial charge in [-0.15, -0.1) is 0 Å². The summed E-state index contributed by atoms with van der Waals surface area (Å²) in [5.41, 5.74) is 1.68. The fraction of sp³-hybridized carbons (Fsp3) is 0.462. The van der Waals surface area contributed by atoms with E-state index in [0.29, 0.717) is 32.6 Å². The van der Waals surface area contributed by atoms with Crippen molar-refractivity contribution in [2.24, 2.45) is 0 Å². The first-order chi connectivity index (χ1) is 9.13. The molecule has 0 atom stereocenters. The molecule has 0 spiro atoms. The molecule has 0 saturated heterocycles. The van der Waals surface area contributed by atoms with Crippen LogP contribution in [-0.4, -0.2) is 30.6 Å². The summed E-state index contributed by atoms with van der Waals surface area (Å²) < 4.78 is 5.26. The minimum atomic E-state index is -0.415. The SMILES string of the molecule is CCOCCN1C(=O)CCc2cc([N+](=O)[O-])ccc21. The minimum Gasteiger partial charge on any atom is -0.380 e. The largest absolute Gasteiger partial charge is 0.380 e. The highest BCUT2D eigenvalue weighted by atomic mass is 16.6. The lowest BCUT2D eigenvalue weighted by Gasteiger charge is -2.29. The normalized spacial score (nSPS) is 14.4. The maximum atomic E-state index is 11.9. The van der Waals surface area contributed by atoms with E-state index in [0.717, 1.165) is 11.3 Å². The third kappa shape index (κ3) is 2.90. The molecule has 0 N–H and O–H groups in total. The van der Waals surface area contributed by atoms with E-state index in [1.54, 1.807) is 17.0 Å². The number of amides is 1. The van der Waals surface area contributed by atoms with Crippen LogP contribution in [0.4, 0.5) is 11.4 Å². The molecular formula is C13H16N2O4. The van der Waals surface area contributed by atoms with Gasteiger partial charge in [0.15, 0.2) is 0 Å². The van der Waals surface area contributed by atoms with Crippen molar-refractivity contribution in [3.05, 3.63) is 33.9 Å². The molecule has 1 aromatic carbocycles. The predicted octanol–water partition coefficient (Wildman–Crippen LogP) is 1.91. The third-order valence-corrected chi connectivity index (χ3v) is 3.14. The maximum Gasteiger partial charge on any atom is 0.269 e. The van der Waals surface area contributed by atoms with Crippen LogP contribution in [0.1, 0.15) is 18.9 Å². The van der Waals surface area contributed by atoms with Crippen molar-refractivity contribution in [1.29, 1.82) is 0 Å². The highest BCUT2D eigenvalue weighted by molar-refractivity contribution is 5.96. The highest BCUT2D eigenvalue weighted by Gasteiger charge is 2.25. The van der Waals surface area contributed by atoms with Crippen LogP contribution < -0.4 is 4.90 Å². The monoisotopic (exact) mass is 264 g/mol. The van der Waals surface area contributed by atoms with Crippen molar-refractivity contribution in [1.82, 2.24) is 0 Å². The molecule has 0 radical (unpaired) electrons. The molecule has 0 fully saturated rings. The summed E-state index contributed by atoms with van der Waals surface area (Å²) in [6.07, 6.45) is 0.946. The second kappa shape index (κ2) is 5.79. The number of nitro groups is 1. The Labute approximate surface area is 111 Å². The average molecular weight is 264 g/mol. The van der Waals surface area contributed by atoms with Crippen LogP contribution >= 0.6 is 0 Å². The van der Waals surface area contributed by atoms with Gasteiger partial charge in [-0.25, -0.2) is 0 Å². The first-order valence-corrected chi connectivity index (χ1v) is 6.29. The second-order valence-corrected chi connectivity index (χ2v) is 4.31. The molecule has 1 aromatic rings. The van der Waals surface area contributed by atoms with Gasteiger partial charge in [0.25, 0.3) is 5.69 Å².